The van der Waals surface area contributed by atoms with Gasteiger partial charge in [-0.3, -0.25) is 0 Å². The number of rotatable bonds is 8. The van der Waals surface area contributed by atoms with Crippen LogP contribution < -0.4 is 0 Å². The molecule has 2 aromatic heterocycles. The molecule has 0 amide bonds. The van der Waals surface area contributed by atoms with Gasteiger partial charge in [0, 0.05) is 32.9 Å². The average Bonchev–Trinajstić information content (AvgIpc) is 3.88. The summed E-state index contributed by atoms with van der Waals surface area (Å²) in [6.07, 6.45) is 0. The van der Waals surface area contributed by atoms with E-state index in [2.05, 4.69) is 179 Å². The molecule has 4 nitrogen and oxygen atoms in total. The minimum absolute atomic E-state index is 0.242. The Morgan fingerprint density at radius 3 is 0.738 bits per heavy atom. The molecule has 5 heteroatoms. The first kappa shape index (κ1) is 38.4. The molecule has 65 heavy (non-hydrogen) atoms. The van der Waals surface area contributed by atoms with Crippen LogP contribution in [-0.2, 0) is 9.84 Å². The van der Waals surface area contributed by atoms with Crippen LogP contribution in [0.1, 0.15) is 0 Å². The van der Waals surface area contributed by atoms with Crippen LogP contribution in [0.4, 0.5) is 0 Å². The molecule has 0 bridgehead atoms. The second-order valence-electron chi connectivity index (χ2n) is 16.6. The molecule has 10 aromatic carbocycles. The van der Waals surface area contributed by atoms with Gasteiger partial charge in [-0.1, -0.05) is 146 Å². The summed E-state index contributed by atoms with van der Waals surface area (Å²) in [7, 11) is -3.84. The topological polar surface area (TPSA) is 44.0 Å². The van der Waals surface area contributed by atoms with Crippen LogP contribution in [0.2, 0.25) is 0 Å². The number of hydrogen-bond acceptors (Lipinski definition) is 2. The van der Waals surface area contributed by atoms with Crippen LogP contribution in [0, 0.1) is 0 Å². The van der Waals surface area contributed by atoms with E-state index >= 15 is 0 Å². The maximum absolute atomic E-state index is 14.4. The lowest BCUT2D eigenvalue weighted by atomic mass is 10.0. The van der Waals surface area contributed by atoms with Crippen molar-refractivity contribution in [2.45, 2.75) is 9.79 Å². The maximum atomic E-state index is 14.4. The van der Waals surface area contributed by atoms with E-state index in [1.165, 1.54) is 0 Å². The summed E-state index contributed by atoms with van der Waals surface area (Å²) in [5, 5.41) is 4.53. The second-order valence-corrected chi connectivity index (χ2v) is 18.5. The van der Waals surface area contributed by atoms with E-state index in [0.717, 1.165) is 99.5 Å². The largest absolute Gasteiger partial charge is 0.309 e. The molecule has 12 aromatic rings. The standard InChI is InChI=1S/C60H40N2O2S/c63-65(64,51-29-25-49(26-30-51)61-57-33-21-45(41-13-5-1-6-14-41)37-53(57)54-38-46(22-34-58(54)61)42-15-7-2-8-16-42)52-31-27-50(28-32-52)62-59-35-23-47(43-17-9-3-10-18-43)39-55(59)56-40-48(24-36-60(56)62)44-19-11-4-12-20-44/h1-40H. The first-order chi connectivity index (χ1) is 32.0. The summed E-state index contributed by atoms with van der Waals surface area (Å²) in [6.45, 7) is 0. The second kappa shape index (κ2) is 15.5. The summed E-state index contributed by atoms with van der Waals surface area (Å²) in [5.41, 5.74) is 15.2. The fourth-order valence-electron chi connectivity index (χ4n) is 9.53. The zero-order chi connectivity index (χ0) is 43.5. The predicted molar refractivity (Wildman–Crippen MR) is 269 cm³/mol. The Kier molecular flexibility index (Phi) is 9.18. The molecular formula is C60H40N2O2S. The van der Waals surface area contributed by atoms with Gasteiger partial charge in [0.05, 0.1) is 31.9 Å². The summed E-state index contributed by atoms with van der Waals surface area (Å²) in [5.74, 6) is 0. The van der Waals surface area contributed by atoms with Gasteiger partial charge >= 0.3 is 0 Å². The third kappa shape index (κ3) is 6.64. The number of nitrogens with zero attached hydrogens (tertiary/aromatic N) is 2. The molecule has 0 aliphatic carbocycles. The van der Waals surface area contributed by atoms with E-state index in [0.29, 0.717) is 0 Å². The molecule has 308 valence electrons. The van der Waals surface area contributed by atoms with Crippen LogP contribution >= 0.6 is 0 Å². The van der Waals surface area contributed by atoms with Gasteiger partial charge in [0.25, 0.3) is 0 Å². The van der Waals surface area contributed by atoms with Gasteiger partial charge in [-0.25, -0.2) is 8.42 Å². The van der Waals surface area contributed by atoms with Crippen molar-refractivity contribution in [3.05, 3.63) is 243 Å². The molecule has 0 saturated carbocycles. The molecule has 0 fully saturated rings. The number of benzene rings is 10. The highest BCUT2D eigenvalue weighted by Crippen LogP contribution is 2.40. The molecule has 0 radical (unpaired) electrons. The fraction of sp³-hybridized carbons (Fsp3) is 0. The Labute approximate surface area is 377 Å². The van der Waals surface area contributed by atoms with Crippen LogP contribution in [0.25, 0.3) is 99.5 Å². The van der Waals surface area contributed by atoms with E-state index in [-0.39, 0.29) is 9.79 Å². The first-order valence-electron chi connectivity index (χ1n) is 21.8. The molecule has 12 rings (SSSR count). The van der Waals surface area contributed by atoms with Gasteiger partial charge < -0.3 is 9.13 Å². The van der Waals surface area contributed by atoms with Crippen molar-refractivity contribution in [2.75, 3.05) is 0 Å². The Balaban J connectivity index is 0.916. The smallest absolute Gasteiger partial charge is 0.206 e. The Bertz CT molecular complexity index is 3400. The van der Waals surface area contributed by atoms with Crippen LogP contribution in [-0.4, -0.2) is 17.6 Å². The molecule has 0 aliphatic heterocycles. The molecule has 0 spiro atoms. The lowest BCUT2D eigenvalue weighted by Gasteiger charge is -2.12. The average molecular weight is 853 g/mol. The summed E-state index contributed by atoms with van der Waals surface area (Å²) >= 11 is 0. The van der Waals surface area contributed by atoms with Crippen molar-refractivity contribution in [1.82, 2.24) is 9.13 Å². The maximum Gasteiger partial charge on any atom is 0.206 e. The van der Waals surface area contributed by atoms with E-state index in [9.17, 15) is 8.42 Å². The summed E-state index contributed by atoms with van der Waals surface area (Å²) < 4.78 is 33.2. The molecule has 0 aliphatic rings. The van der Waals surface area contributed by atoms with Crippen molar-refractivity contribution in [2.24, 2.45) is 0 Å². The monoisotopic (exact) mass is 852 g/mol. The van der Waals surface area contributed by atoms with Gasteiger partial charge in [0.1, 0.15) is 0 Å². The third-order valence-electron chi connectivity index (χ3n) is 12.8. The van der Waals surface area contributed by atoms with Crippen molar-refractivity contribution in [3.63, 3.8) is 0 Å². The first-order valence-corrected chi connectivity index (χ1v) is 23.3. The molecule has 0 N–H and O–H groups in total. The number of sulfone groups is 1. The van der Waals surface area contributed by atoms with Crippen LogP contribution in [0.5, 0.6) is 0 Å². The van der Waals surface area contributed by atoms with Crippen molar-refractivity contribution < 1.29 is 8.42 Å². The summed E-state index contributed by atoms with van der Waals surface area (Å²) in [4.78, 5) is 0.484. The minimum Gasteiger partial charge on any atom is -0.309 e. The molecule has 0 atom stereocenters. The molecule has 2 heterocycles. The third-order valence-corrected chi connectivity index (χ3v) is 14.6. The molecular weight excluding hydrogens is 813 g/mol. The SMILES string of the molecule is O=S(=O)(c1ccc(-n2c3ccc(-c4ccccc4)cc3c3cc(-c4ccccc4)ccc32)cc1)c1ccc(-n2c3ccc(-c4ccccc4)cc3c3cc(-c4ccccc4)ccc32)cc1. The zero-order valence-corrected chi connectivity index (χ0v) is 36.0. The highest BCUT2D eigenvalue weighted by molar-refractivity contribution is 7.91. The van der Waals surface area contributed by atoms with Crippen molar-refractivity contribution in [1.29, 1.82) is 0 Å². The van der Waals surface area contributed by atoms with Gasteiger partial charge in [0.2, 0.25) is 9.84 Å². The highest BCUT2D eigenvalue weighted by Gasteiger charge is 2.21. The number of fused-ring (bicyclic) bond motifs is 6. The summed E-state index contributed by atoms with van der Waals surface area (Å²) in [6, 6.07) is 82.8. The van der Waals surface area contributed by atoms with Crippen molar-refractivity contribution in [3.8, 4) is 55.9 Å². The minimum atomic E-state index is -3.84. The normalized spacial score (nSPS) is 11.8. The number of hydrogen-bond donors (Lipinski definition) is 0. The van der Waals surface area contributed by atoms with Crippen LogP contribution in [0.15, 0.2) is 252 Å². The van der Waals surface area contributed by atoms with Crippen molar-refractivity contribution >= 4 is 53.4 Å². The Hall–Kier alpha value is -8.25. The highest BCUT2D eigenvalue weighted by atomic mass is 32.2. The number of aromatic nitrogens is 2. The quantitative estimate of drug-likeness (QED) is 0.153. The van der Waals surface area contributed by atoms with Gasteiger partial charge in [-0.2, -0.15) is 0 Å². The Morgan fingerprint density at radius 1 is 0.246 bits per heavy atom. The van der Waals surface area contributed by atoms with E-state index in [4.69, 9.17) is 0 Å². The van der Waals surface area contributed by atoms with E-state index in [1.807, 2.05) is 48.5 Å². The van der Waals surface area contributed by atoms with Crippen LogP contribution in [0.3, 0.4) is 0 Å². The van der Waals surface area contributed by atoms with E-state index < -0.39 is 9.84 Å². The Morgan fingerprint density at radius 2 is 0.492 bits per heavy atom. The van der Waals surface area contributed by atoms with Gasteiger partial charge in [-0.05, 0) is 142 Å². The van der Waals surface area contributed by atoms with Gasteiger partial charge in [0.15, 0.2) is 0 Å². The molecule has 0 saturated heterocycles. The lowest BCUT2D eigenvalue weighted by Crippen LogP contribution is -2.03. The zero-order valence-electron chi connectivity index (χ0n) is 35.2. The predicted octanol–water partition coefficient (Wildman–Crippen LogP) is 15.4. The van der Waals surface area contributed by atoms with Gasteiger partial charge in [-0.15, -0.1) is 0 Å². The fourth-order valence-corrected chi connectivity index (χ4v) is 10.8. The molecule has 0 unspecified atom stereocenters. The lowest BCUT2D eigenvalue weighted by molar-refractivity contribution is 0.596. The van der Waals surface area contributed by atoms with E-state index in [1.54, 1.807) is 24.3 Å².